The number of aliphatic hydroxyl groups excluding tert-OH is 1. The summed E-state index contributed by atoms with van der Waals surface area (Å²) in [5.74, 6) is 1.16. The van der Waals surface area contributed by atoms with Crippen LogP contribution in [0.5, 0.6) is 0 Å². The molecule has 0 aromatic carbocycles. The maximum absolute atomic E-state index is 9.60. The van der Waals surface area contributed by atoms with Crippen LogP contribution in [0.4, 0.5) is 0 Å². The summed E-state index contributed by atoms with van der Waals surface area (Å²) < 4.78 is 0. The zero-order valence-corrected chi connectivity index (χ0v) is 11.0. The molecule has 1 aromatic heterocycles. The SMILES string of the molecule is CCCCCSc1ccc([C@H](O)CC)nc1. The first-order valence-electron chi connectivity index (χ1n) is 6.04. The molecule has 0 aliphatic heterocycles. The van der Waals surface area contributed by atoms with Crippen molar-refractivity contribution in [3.8, 4) is 0 Å². The van der Waals surface area contributed by atoms with Crippen LogP contribution in [0.2, 0.25) is 0 Å². The second-order valence-electron chi connectivity index (χ2n) is 3.90. The number of hydrogen-bond donors (Lipinski definition) is 1. The summed E-state index contributed by atoms with van der Waals surface area (Å²) in [6, 6.07) is 3.98. The summed E-state index contributed by atoms with van der Waals surface area (Å²) in [6.45, 7) is 4.17. The molecule has 1 rings (SSSR count). The maximum Gasteiger partial charge on any atom is 0.0957 e. The Balaban J connectivity index is 2.39. The van der Waals surface area contributed by atoms with Gasteiger partial charge in [-0.05, 0) is 30.7 Å². The van der Waals surface area contributed by atoms with Crippen LogP contribution in [0.3, 0.4) is 0 Å². The molecular weight excluding hydrogens is 218 g/mol. The highest BCUT2D eigenvalue weighted by Crippen LogP contribution is 2.21. The van der Waals surface area contributed by atoms with Gasteiger partial charge in [0.1, 0.15) is 0 Å². The van der Waals surface area contributed by atoms with Crippen LogP contribution >= 0.6 is 11.8 Å². The first-order valence-corrected chi connectivity index (χ1v) is 7.03. The van der Waals surface area contributed by atoms with Crippen molar-refractivity contribution < 1.29 is 5.11 Å². The van der Waals surface area contributed by atoms with Gasteiger partial charge in [-0.3, -0.25) is 4.98 Å². The average molecular weight is 239 g/mol. The van der Waals surface area contributed by atoms with Gasteiger partial charge in [-0.15, -0.1) is 11.8 Å². The van der Waals surface area contributed by atoms with E-state index in [-0.39, 0.29) is 0 Å². The molecule has 0 bridgehead atoms. The third kappa shape index (κ3) is 4.54. The number of thioether (sulfide) groups is 1. The lowest BCUT2D eigenvalue weighted by molar-refractivity contribution is 0.169. The molecule has 0 aliphatic rings. The lowest BCUT2D eigenvalue weighted by atomic mass is 10.2. The van der Waals surface area contributed by atoms with Crippen LogP contribution in [0.25, 0.3) is 0 Å². The monoisotopic (exact) mass is 239 g/mol. The number of hydrogen-bond acceptors (Lipinski definition) is 3. The molecule has 0 fully saturated rings. The number of nitrogens with zero attached hydrogens (tertiary/aromatic N) is 1. The average Bonchev–Trinajstić information content (AvgIpc) is 2.34. The van der Waals surface area contributed by atoms with E-state index >= 15 is 0 Å². The summed E-state index contributed by atoms with van der Waals surface area (Å²) >= 11 is 1.84. The van der Waals surface area contributed by atoms with Gasteiger partial charge in [0.2, 0.25) is 0 Å². The topological polar surface area (TPSA) is 33.1 Å². The van der Waals surface area contributed by atoms with Crippen LogP contribution in [0.1, 0.15) is 51.3 Å². The molecule has 16 heavy (non-hydrogen) atoms. The predicted octanol–water partition coefficient (Wildman–Crippen LogP) is 3.81. The fourth-order valence-electron chi connectivity index (χ4n) is 1.43. The third-order valence-corrected chi connectivity index (χ3v) is 3.57. The quantitative estimate of drug-likeness (QED) is 0.580. The first-order chi connectivity index (χ1) is 7.77. The number of unbranched alkanes of at least 4 members (excludes halogenated alkanes) is 2. The molecule has 0 unspecified atom stereocenters. The van der Waals surface area contributed by atoms with Crippen molar-refractivity contribution in [1.82, 2.24) is 4.98 Å². The molecule has 0 saturated carbocycles. The summed E-state index contributed by atoms with van der Waals surface area (Å²) in [5.41, 5.74) is 0.778. The predicted molar refractivity (Wildman–Crippen MR) is 69.7 cm³/mol. The largest absolute Gasteiger partial charge is 0.387 e. The lowest BCUT2D eigenvalue weighted by Crippen LogP contribution is -1.97. The minimum absolute atomic E-state index is 0.417. The molecule has 0 radical (unpaired) electrons. The van der Waals surface area contributed by atoms with E-state index in [1.165, 1.54) is 24.2 Å². The Labute approximate surface area is 102 Å². The van der Waals surface area contributed by atoms with Gasteiger partial charge < -0.3 is 5.11 Å². The van der Waals surface area contributed by atoms with E-state index in [0.717, 1.165) is 17.9 Å². The van der Waals surface area contributed by atoms with Gasteiger partial charge >= 0.3 is 0 Å². The molecule has 0 spiro atoms. The lowest BCUT2D eigenvalue weighted by Gasteiger charge is -2.07. The molecule has 0 saturated heterocycles. The smallest absolute Gasteiger partial charge is 0.0957 e. The molecule has 1 aromatic rings. The third-order valence-electron chi connectivity index (χ3n) is 2.50. The summed E-state index contributed by atoms with van der Waals surface area (Å²) in [7, 11) is 0. The van der Waals surface area contributed by atoms with Crippen LogP contribution in [0, 0.1) is 0 Å². The van der Waals surface area contributed by atoms with E-state index in [4.69, 9.17) is 0 Å². The second kappa shape index (κ2) is 7.69. The fourth-order valence-corrected chi connectivity index (χ4v) is 2.30. The highest BCUT2D eigenvalue weighted by molar-refractivity contribution is 7.99. The van der Waals surface area contributed by atoms with E-state index in [1.807, 2.05) is 30.9 Å². The highest BCUT2D eigenvalue weighted by atomic mass is 32.2. The molecule has 1 heterocycles. The van der Waals surface area contributed by atoms with E-state index in [9.17, 15) is 5.11 Å². The van der Waals surface area contributed by atoms with E-state index in [2.05, 4.69) is 18.0 Å². The Hall–Kier alpha value is -0.540. The van der Waals surface area contributed by atoms with Crippen molar-refractivity contribution in [3.05, 3.63) is 24.0 Å². The van der Waals surface area contributed by atoms with Crippen molar-refractivity contribution in [2.45, 2.75) is 50.5 Å². The Morgan fingerprint density at radius 2 is 2.12 bits per heavy atom. The zero-order chi connectivity index (χ0) is 11.8. The standard InChI is InChI=1S/C13H21NOS/c1-3-5-6-9-16-11-7-8-12(14-10-11)13(15)4-2/h7-8,10,13,15H,3-6,9H2,1-2H3/t13-/m1/s1. The van der Waals surface area contributed by atoms with Gasteiger partial charge in [0.05, 0.1) is 11.8 Å². The summed E-state index contributed by atoms with van der Waals surface area (Å²) in [6.07, 6.45) is 5.99. The number of aromatic nitrogens is 1. The number of pyridine rings is 1. The van der Waals surface area contributed by atoms with Gasteiger partial charge in [0, 0.05) is 11.1 Å². The maximum atomic E-state index is 9.60. The Morgan fingerprint density at radius 3 is 2.69 bits per heavy atom. The van der Waals surface area contributed by atoms with Gasteiger partial charge in [-0.25, -0.2) is 0 Å². The highest BCUT2D eigenvalue weighted by Gasteiger charge is 2.05. The van der Waals surface area contributed by atoms with Crippen LogP contribution in [0.15, 0.2) is 23.2 Å². The molecule has 0 aliphatic carbocycles. The molecule has 1 atom stereocenters. The summed E-state index contributed by atoms with van der Waals surface area (Å²) in [4.78, 5) is 5.47. The van der Waals surface area contributed by atoms with Gasteiger partial charge in [0.25, 0.3) is 0 Å². The number of rotatable bonds is 7. The van der Waals surface area contributed by atoms with Gasteiger partial charge in [0.15, 0.2) is 0 Å². The molecule has 2 nitrogen and oxygen atoms in total. The van der Waals surface area contributed by atoms with Gasteiger partial charge in [-0.2, -0.15) is 0 Å². The fraction of sp³-hybridized carbons (Fsp3) is 0.615. The van der Waals surface area contributed by atoms with Gasteiger partial charge in [-0.1, -0.05) is 26.7 Å². The van der Waals surface area contributed by atoms with E-state index < -0.39 is 6.10 Å². The Bertz CT molecular complexity index is 286. The van der Waals surface area contributed by atoms with Crippen molar-refractivity contribution in [2.75, 3.05) is 5.75 Å². The molecule has 1 N–H and O–H groups in total. The Morgan fingerprint density at radius 1 is 1.31 bits per heavy atom. The molecule has 0 amide bonds. The minimum Gasteiger partial charge on any atom is -0.387 e. The van der Waals surface area contributed by atoms with Crippen LogP contribution in [-0.4, -0.2) is 15.8 Å². The normalized spacial score (nSPS) is 12.7. The molecule has 3 heteroatoms. The molecule has 90 valence electrons. The van der Waals surface area contributed by atoms with Crippen molar-refractivity contribution in [1.29, 1.82) is 0 Å². The van der Waals surface area contributed by atoms with Crippen molar-refractivity contribution in [2.24, 2.45) is 0 Å². The Kier molecular flexibility index (Phi) is 6.50. The number of aliphatic hydroxyl groups is 1. The van der Waals surface area contributed by atoms with Crippen molar-refractivity contribution >= 4 is 11.8 Å². The minimum atomic E-state index is -0.417. The van der Waals surface area contributed by atoms with Crippen molar-refractivity contribution in [3.63, 3.8) is 0 Å². The van der Waals surface area contributed by atoms with E-state index in [0.29, 0.717) is 0 Å². The first kappa shape index (κ1) is 13.5. The molecular formula is C13H21NOS. The van der Waals surface area contributed by atoms with Crippen LogP contribution in [-0.2, 0) is 0 Å². The van der Waals surface area contributed by atoms with Crippen LogP contribution < -0.4 is 0 Å². The zero-order valence-electron chi connectivity index (χ0n) is 10.1. The van der Waals surface area contributed by atoms with E-state index in [1.54, 1.807) is 0 Å². The summed E-state index contributed by atoms with van der Waals surface area (Å²) in [5, 5.41) is 9.60. The second-order valence-corrected chi connectivity index (χ2v) is 5.07.